The molecule has 1 aromatic carbocycles. The minimum Gasteiger partial charge on any atom is -0.328 e. The van der Waals surface area contributed by atoms with E-state index in [2.05, 4.69) is 0 Å². The summed E-state index contributed by atoms with van der Waals surface area (Å²) < 4.78 is 0. The normalized spacial score (nSPS) is 13.4. The summed E-state index contributed by atoms with van der Waals surface area (Å²) in [6.45, 7) is 0. The van der Waals surface area contributed by atoms with Crippen LogP contribution in [0.15, 0.2) is 66.7 Å². The number of halogens is 2. The van der Waals surface area contributed by atoms with Gasteiger partial charge in [0.25, 0.3) is 0 Å². The third-order valence-electron chi connectivity index (χ3n) is 5.94. The summed E-state index contributed by atoms with van der Waals surface area (Å²) >= 11 is 13.5. The Kier molecular flexibility index (Phi) is 5.67. The highest BCUT2D eigenvalue weighted by atomic mass is 35.5. The van der Waals surface area contributed by atoms with Gasteiger partial charge in [0.1, 0.15) is 34.9 Å². The van der Waals surface area contributed by atoms with Crippen LogP contribution < -0.4 is 19.6 Å². The van der Waals surface area contributed by atoms with Crippen LogP contribution in [0.3, 0.4) is 0 Å². The molecule has 3 aromatic heterocycles. The lowest BCUT2D eigenvalue weighted by Crippen LogP contribution is -2.20. The zero-order chi connectivity index (χ0) is 24.0. The van der Waals surface area contributed by atoms with Crippen molar-refractivity contribution < 1.29 is 0 Å². The molecular weight excluding hydrogens is 469 g/mol. The molecule has 5 rings (SSSR count). The third kappa shape index (κ3) is 3.87. The largest absolute Gasteiger partial charge is 0.328 e. The van der Waals surface area contributed by atoms with Gasteiger partial charge in [0.15, 0.2) is 0 Å². The Morgan fingerprint density at radius 3 is 1.12 bits per heavy atom. The maximum atomic E-state index is 6.94. The molecule has 1 aliphatic rings. The molecule has 172 valence electrons. The molecule has 0 spiro atoms. The summed E-state index contributed by atoms with van der Waals surface area (Å²) in [5.41, 5.74) is 1.48. The molecule has 0 fully saturated rings. The van der Waals surface area contributed by atoms with Gasteiger partial charge in [-0.1, -0.05) is 41.4 Å². The fraction of sp³-hybridized carbons (Fsp3) is 0.160. The van der Waals surface area contributed by atoms with Crippen molar-refractivity contribution in [2.75, 3.05) is 47.8 Å². The van der Waals surface area contributed by atoms with E-state index in [1.165, 1.54) is 0 Å². The number of fused-ring (bicyclic) bond motifs is 8. The molecule has 0 amide bonds. The Morgan fingerprint density at radius 2 is 0.794 bits per heavy atom. The molecule has 9 heteroatoms. The van der Waals surface area contributed by atoms with E-state index in [9.17, 15) is 0 Å². The van der Waals surface area contributed by atoms with E-state index in [-0.39, 0.29) is 0 Å². The molecule has 4 heterocycles. The standard InChI is InChI=1S/C25H23Cl2N7/c1-31-17-14-16(26)15-18(25(17)27)32(2)20-9-6-11-22(29-20)34(4)24-13-7-12-23(30-24)33(3)21-10-5-8-19(31)28-21/h5-15H,1-4H3. The van der Waals surface area contributed by atoms with Crippen LogP contribution >= 0.6 is 23.2 Å². The van der Waals surface area contributed by atoms with Crippen molar-refractivity contribution in [3.8, 4) is 0 Å². The molecule has 0 atom stereocenters. The number of hydrogen-bond donors (Lipinski definition) is 0. The zero-order valence-electron chi connectivity index (χ0n) is 19.2. The number of hydrogen-bond acceptors (Lipinski definition) is 7. The van der Waals surface area contributed by atoms with Crippen LogP contribution in [-0.4, -0.2) is 43.1 Å². The maximum Gasteiger partial charge on any atom is 0.136 e. The summed E-state index contributed by atoms with van der Waals surface area (Å²) in [7, 11) is 7.73. The van der Waals surface area contributed by atoms with E-state index in [1.54, 1.807) is 0 Å². The summed E-state index contributed by atoms with van der Waals surface area (Å²) in [6.07, 6.45) is 0. The number of pyridine rings is 3. The average molecular weight is 492 g/mol. The van der Waals surface area contributed by atoms with Crippen molar-refractivity contribution in [1.29, 1.82) is 0 Å². The Balaban J connectivity index is 1.77. The van der Waals surface area contributed by atoms with Crippen molar-refractivity contribution >= 4 is 69.5 Å². The van der Waals surface area contributed by atoms with Crippen LogP contribution in [0.2, 0.25) is 10.0 Å². The van der Waals surface area contributed by atoms with Crippen LogP contribution in [-0.2, 0) is 0 Å². The molecule has 0 unspecified atom stereocenters. The van der Waals surface area contributed by atoms with Crippen molar-refractivity contribution in [2.24, 2.45) is 0 Å². The second-order valence-electron chi connectivity index (χ2n) is 8.06. The topological polar surface area (TPSA) is 51.6 Å². The Bertz CT molecular complexity index is 1280. The van der Waals surface area contributed by atoms with E-state index >= 15 is 0 Å². The maximum absolute atomic E-state index is 6.94. The van der Waals surface area contributed by atoms with Crippen LogP contribution in [0.5, 0.6) is 0 Å². The highest BCUT2D eigenvalue weighted by Gasteiger charge is 2.20. The number of aromatic nitrogens is 3. The van der Waals surface area contributed by atoms with Gasteiger partial charge < -0.3 is 19.6 Å². The van der Waals surface area contributed by atoms with Crippen molar-refractivity contribution in [3.05, 3.63) is 76.8 Å². The molecule has 4 aromatic rings. The summed E-state index contributed by atoms with van der Waals surface area (Å²) in [5, 5.41) is 1.12. The van der Waals surface area contributed by atoms with Gasteiger partial charge in [-0.05, 0) is 48.5 Å². The van der Waals surface area contributed by atoms with Crippen LogP contribution in [0.1, 0.15) is 0 Å². The Labute approximate surface area is 208 Å². The summed E-state index contributed by atoms with van der Waals surface area (Å²) in [5.74, 6) is 4.48. The SMILES string of the molecule is CN1c2cccc(n2)N(C)c2cccc(n2)N(C)c2cc(Cl)cc(c2Cl)N(C)c2cccc1n2. The second kappa shape index (κ2) is 8.66. The highest BCUT2D eigenvalue weighted by Crippen LogP contribution is 2.42. The van der Waals surface area contributed by atoms with E-state index in [4.69, 9.17) is 38.2 Å². The molecule has 0 saturated carbocycles. The predicted molar refractivity (Wildman–Crippen MR) is 141 cm³/mol. The van der Waals surface area contributed by atoms with Crippen LogP contribution in [0.25, 0.3) is 0 Å². The van der Waals surface area contributed by atoms with Gasteiger partial charge in [-0.3, -0.25) is 0 Å². The first-order chi connectivity index (χ1) is 16.3. The fourth-order valence-electron chi connectivity index (χ4n) is 3.89. The van der Waals surface area contributed by atoms with Crippen molar-refractivity contribution in [3.63, 3.8) is 0 Å². The van der Waals surface area contributed by atoms with E-state index in [0.717, 1.165) is 46.3 Å². The lowest BCUT2D eigenvalue weighted by Gasteiger charge is -2.28. The van der Waals surface area contributed by atoms with Gasteiger partial charge >= 0.3 is 0 Å². The second-order valence-corrected chi connectivity index (χ2v) is 8.87. The van der Waals surface area contributed by atoms with E-state index in [1.807, 2.05) is 115 Å². The first kappa shape index (κ1) is 22.3. The van der Waals surface area contributed by atoms with Crippen LogP contribution in [0.4, 0.5) is 46.3 Å². The van der Waals surface area contributed by atoms with Gasteiger partial charge in [0, 0.05) is 33.2 Å². The van der Waals surface area contributed by atoms with Crippen molar-refractivity contribution in [2.45, 2.75) is 0 Å². The quantitative estimate of drug-likeness (QED) is 0.275. The van der Waals surface area contributed by atoms with Gasteiger partial charge in [0.05, 0.1) is 16.4 Å². The zero-order valence-corrected chi connectivity index (χ0v) is 20.7. The molecule has 0 radical (unpaired) electrons. The van der Waals surface area contributed by atoms with Gasteiger partial charge in [0.2, 0.25) is 0 Å². The van der Waals surface area contributed by atoms with E-state index in [0.29, 0.717) is 10.0 Å². The monoisotopic (exact) mass is 491 g/mol. The minimum absolute atomic E-state index is 0.550. The number of benzene rings is 1. The minimum atomic E-state index is 0.550. The number of nitrogens with zero attached hydrogens (tertiary/aromatic N) is 7. The molecule has 0 N–H and O–H groups in total. The van der Waals surface area contributed by atoms with Crippen molar-refractivity contribution in [1.82, 2.24) is 15.0 Å². The summed E-state index contributed by atoms with van der Waals surface area (Å²) in [4.78, 5) is 22.4. The molecule has 34 heavy (non-hydrogen) atoms. The Morgan fingerprint density at radius 1 is 0.500 bits per heavy atom. The number of rotatable bonds is 0. The fourth-order valence-corrected chi connectivity index (χ4v) is 4.46. The molecule has 7 nitrogen and oxygen atoms in total. The lowest BCUT2D eigenvalue weighted by atomic mass is 10.2. The Hall–Kier alpha value is -3.55. The molecule has 0 saturated heterocycles. The first-order valence-electron chi connectivity index (χ1n) is 10.7. The lowest BCUT2D eigenvalue weighted by molar-refractivity contribution is 1.02. The highest BCUT2D eigenvalue weighted by molar-refractivity contribution is 6.38. The summed E-state index contributed by atoms with van der Waals surface area (Å²) in [6, 6.07) is 21.3. The predicted octanol–water partition coefficient (Wildman–Crippen LogP) is 6.56. The van der Waals surface area contributed by atoms with Crippen LogP contribution in [0, 0.1) is 0 Å². The van der Waals surface area contributed by atoms with Gasteiger partial charge in [-0.2, -0.15) is 0 Å². The number of anilines is 8. The smallest absolute Gasteiger partial charge is 0.136 e. The van der Waals surface area contributed by atoms with Gasteiger partial charge in [-0.15, -0.1) is 0 Å². The molecule has 0 aliphatic carbocycles. The molecule has 1 aliphatic heterocycles. The molecule has 8 bridgehead atoms. The van der Waals surface area contributed by atoms with E-state index < -0.39 is 0 Å². The molecular formula is C25H23Cl2N7. The average Bonchev–Trinajstić information content (AvgIpc) is 2.87. The third-order valence-corrected chi connectivity index (χ3v) is 6.55. The van der Waals surface area contributed by atoms with Gasteiger partial charge in [-0.25, -0.2) is 15.0 Å². The first-order valence-corrected chi connectivity index (χ1v) is 11.4.